The van der Waals surface area contributed by atoms with Crippen molar-refractivity contribution >= 4 is 23.2 Å². The molecular weight excluding hydrogens is 372 g/mol. The summed E-state index contributed by atoms with van der Waals surface area (Å²) in [5, 5.41) is 17.2. The van der Waals surface area contributed by atoms with Crippen molar-refractivity contribution in [2.45, 2.75) is 19.8 Å². The van der Waals surface area contributed by atoms with Gasteiger partial charge in [-0.05, 0) is 66.6 Å². The van der Waals surface area contributed by atoms with Crippen LogP contribution in [0.15, 0.2) is 42.5 Å². The molecule has 0 saturated heterocycles. The number of nitrogens with zero attached hydrogens (tertiary/aromatic N) is 4. The smallest absolute Gasteiger partial charge is 0.255 e. The largest absolute Gasteiger partial charge is 0.494 e. The lowest BCUT2D eigenvalue weighted by molar-refractivity contribution is -0.117. The summed E-state index contributed by atoms with van der Waals surface area (Å²) in [6.07, 6.45) is 1.85. The number of methoxy groups -OCH3 is 1. The first-order chi connectivity index (χ1) is 14.0. The summed E-state index contributed by atoms with van der Waals surface area (Å²) in [6, 6.07) is 12.1. The summed E-state index contributed by atoms with van der Waals surface area (Å²) in [4.78, 5) is 24.7. The molecule has 0 unspecified atom stereocenters. The normalized spacial score (nSPS) is 13.0. The third-order valence-corrected chi connectivity index (χ3v) is 4.63. The predicted octanol–water partition coefficient (Wildman–Crippen LogP) is 2.58. The molecule has 2 amide bonds. The Morgan fingerprint density at radius 3 is 2.59 bits per heavy atom. The van der Waals surface area contributed by atoms with Crippen molar-refractivity contribution in [3.63, 3.8) is 0 Å². The molecule has 0 atom stereocenters. The second-order valence-corrected chi connectivity index (χ2v) is 6.82. The van der Waals surface area contributed by atoms with Gasteiger partial charge in [-0.25, -0.2) is 0 Å². The lowest BCUT2D eigenvalue weighted by Crippen LogP contribution is -2.15. The molecule has 0 spiro atoms. The van der Waals surface area contributed by atoms with E-state index in [2.05, 4.69) is 26.2 Å². The topological polar surface area (TPSA) is 111 Å². The van der Waals surface area contributed by atoms with Crippen molar-refractivity contribution in [3.05, 3.63) is 53.9 Å². The van der Waals surface area contributed by atoms with Crippen LogP contribution in [0.5, 0.6) is 5.75 Å². The Labute approximate surface area is 167 Å². The van der Waals surface area contributed by atoms with E-state index in [1.165, 1.54) is 4.68 Å². The SMILES string of the molecule is COc1ccc(NC(=O)c2cccc(NC(=O)C3CC3)c2)cc1-n1nnnc1C. The molecule has 2 aromatic carbocycles. The van der Waals surface area contributed by atoms with Gasteiger partial charge in [0.05, 0.1) is 7.11 Å². The van der Waals surface area contributed by atoms with Gasteiger partial charge in [-0.15, -0.1) is 5.10 Å². The molecular formula is C20H20N6O3. The number of carbonyl (C=O) groups is 2. The van der Waals surface area contributed by atoms with E-state index in [-0.39, 0.29) is 17.7 Å². The summed E-state index contributed by atoms with van der Waals surface area (Å²) >= 11 is 0. The molecule has 3 aromatic rings. The molecule has 1 saturated carbocycles. The van der Waals surface area contributed by atoms with Crippen LogP contribution < -0.4 is 15.4 Å². The van der Waals surface area contributed by atoms with Crippen molar-refractivity contribution in [1.82, 2.24) is 20.2 Å². The van der Waals surface area contributed by atoms with Gasteiger partial charge in [-0.2, -0.15) is 4.68 Å². The van der Waals surface area contributed by atoms with Gasteiger partial charge in [-0.1, -0.05) is 6.07 Å². The fourth-order valence-corrected chi connectivity index (χ4v) is 2.92. The molecule has 1 heterocycles. The molecule has 148 valence electrons. The standard InChI is InChI=1S/C20H20N6O3/c1-12-23-24-25-26(12)17-11-16(8-9-18(17)29-2)22-20(28)14-4-3-5-15(10-14)21-19(27)13-6-7-13/h3-5,8-11,13H,6-7H2,1-2H3,(H,21,27)(H,22,28). The molecule has 0 aliphatic heterocycles. The average Bonchev–Trinajstić information content (AvgIpc) is 3.49. The highest BCUT2D eigenvalue weighted by molar-refractivity contribution is 6.05. The van der Waals surface area contributed by atoms with E-state index in [0.717, 1.165) is 12.8 Å². The molecule has 29 heavy (non-hydrogen) atoms. The Balaban J connectivity index is 1.54. The zero-order valence-electron chi connectivity index (χ0n) is 16.0. The highest BCUT2D eigenvalue weighted by Crippen LogP contribution is 2.30. The lowest BCUT2D eigenvalue weighted by atomic mass is 10.1. The first kappa shape index (κ1) is 18.6. The average molecular weight is 392 g/mol. The Hall–Kier alpha value is -3.75. The monoisotopic (exact) mass is 392 g/mol. The Morgan fingerprint density at radius 1 is 1.10 bits per heavy atom. The minimum Gasteiger partial charge on any atom is -0.494 e. The highest BCUT2D eigenvalue weighted by atomic mass is 16.5. The van der Waals surface area contributed by atoms with Crippen LogP contribution >= 0.6 is 0 Å². The summed E-state index contributed by atoms with van der Waals surface area (Å²) in [5.41, 5.74) is 2.22. The number of benzene rings is 2. The Bertz CT molecular complexity index is 1070. The summed E-state index contributed by atoms with van der Waals surface area (Å²) in [7, 11) is 1.55. The highest BCUT2D eigenvalue weighted by Gasteiger charge is 2.29. The Kier molecular flexibility index (Phi) is 4.94. The minimum atomic E-state index is -0.294. The second-order valence-electron chi connectivity index (χ2n) is 6.82. The molecule has 1 aromatic heterocycles. The van der Waals surface area contributed by atoms with Crippen LogP contribution in [0.4, 0.5) is 11.4 Å². The van der Waals surface area contributed by atoms with Gasteiger partial charge in [0, 0.05) is 22.9 Å². The Morgan fingerprint density at radius 2 is 1.90 bits per heavy atom. The number of hydrogen-bond acceptors (Lipinski definition) is 6. The molecule has 2 N–H and O–H groups in total. The molecule has 1 aliphatic rings. The number of anilines is 2. The third-order valence-electron chi connectivity index (χ3n) is 4.63. The summed E-state index contributed by atoms with van der Waals surface area (Å²) in [6.45, 7) is 1.77. The molecule has 0 radical (unpaired) electrons. The van der Waals surface area contributed by atoms with E-state index in [9.17, 15) is 9.59 Å². The van der Waals surface area contributed by atoms with Gasteiger partial charge in [0.25, 0.3) is 5.91 Å². The quantitative estimate of drug-likeness (QED) is 0.667. The maximum atomic E-state index is 12.7. The lowest BCUT2D eigenvalue weighted by Gasteiger charge is -2.12. The first-order valence-corrected chi connectivity index (χ1v) is 9.21. The zero-order chi connectivity index (χ0) is 20.4. The predicted molar refractivity (Wildman–Crippen MR) is 106 cm³/mol. The molecule has 0 bridgehead atoms. The van der Waals surface area contributed by atoms with Crippen molar-refractivity contribution in [2.24, 2.45) is 5.92 Å². The number of hydrogen-bond donors (Lipinski definition) is 2. The van der Waals surface area contributed by atoms with E-state index < -0.39 is 0 Å². The van der Waals surface area contributed by atoms with E-state index in [1.54, 1.807) is 56.5 Å². The van der Waals surface area contributed by atoms with Crippen LogP contribution in [-0.4, -0.2) is 39.1 Å². The minimum absolute atomic E-state index is 0.000772. The van der Waals surface area contributed by atoms with Gasteiger partial charge in [0.15, 0.2) is 5.82 Å². The number of rotatable bonds is 6. The van der Waals surface area contributed by atoms with Crippen molar-refractivity contribution < 1.29 is 14.3 Å². The maximum Gasteiger partial charge on any atom is 0.255 e. The first-order valence-electron chi connectivity index (χ1n) is 9.21. The van der Waals surface area contributed by atoms with Gasteiger partial charge in [0.1, 0.15) is 11.4 Å². The van der Waals surface area contributed by atoms with E-state index in [1.807, 2.05) is 0 Å². The molecule has 1 fully saturated rings. The van der Waals surface area contributed by atoms with E-state index in [0.29, 0.717) is 34.2 Å². The van der Waals surface area contributed by atoms with Crippen molar-refractivity contribution in [3.8, 4) is 11.4 Å². The van der Waals surface area contributed by atoms with E-state index in [4.69, 9.17) is 4.74 Å². The fourth-order valence-electron chi connectivity index (χ4n) is 2.92. The van der Waals surface area contributed by atoms with Crippen molar-refractivity contribution in [1.29, 1.82) is 0 Å². The van der Waals surface area contributed by atoms with Crippen LogP contribution in [0.3, 0.4) is 0 Å². The fraction of sp³-hybridized carbons (Fsp3) is 0.250. The number of aryl methyl sites for hydroxylation is 1. The van der Waals surface area contributed by atoms with Crippen LogP contribution in [0.25, 0.3) is 5.69 Å². The van der Waals surface area contributed by atoms with Crippen LogP contribution in [0, 0.1) is 12.8 Å². The number of carbonyl (C=O) groups excluding carboxylic acids is 2. The number of amides is 2. The molecule has 4 rings (SSSR count). The van der Waals surface area contributed by atoms with Crippen molar-refractivity contribution in [2.75, 3.05) is 17.7 Å². The van der Waals surface area contributed by atoms with Crippen LogP contribution in [-0.2, 0) is 4.79 Å². The zero-order valence-corrected chi connectivity index (χ0v) is 16.0. The van der Waals surface area contributed by atoms with Gasteiger partial charge >= 0.3 is 0 Å². The maximum absolute atomic E-state index is 12.7. The number of tetrazole rings is 1. The number of nitrogens with one attached hydrogen (secondary N) is 2. The summed E-state index contributed by atoms with van der Waals surface area (Å²) in [5.74, 6) is 0.963. The molecule has 9 nitrogen and oxygen atoms in total. The van der Waals surface area contributed by atoms with Gasteiger partial charge in [0.2, 0.25) is 5.91 Å². The van der Waals surface area contributed by atoms with E-state index >= 15 is 0 Å². The third kappa shape index (κ3) is 4.08. The summed E-state index contributed by atoms with van der Waals surface area (Å²) < 4.78 is 6.91. The van der Waals surface area contributed by atoms with Crippen LogP contribution in [0.2, 0.25) is 0 Å². The van der Waals surface area contributed by atoms with Crippen LogP contribution in [0.1, 0.15) is 29.0 Å². The number of ether oxygens (including phenoxy) is 1. The van der Waals surface area contributed by atoms with Gasteiger partial charge < -0.3 is 15.4 Å². The number of aromatic nitrogens is 4. The second kappa shape index (κ2) is 7.70. The molecule has 1 aliphatic carbocycles. The molecule has 9 heteroatoms. The van der Waals surface area contributed by atoms with Gasteiger partial charge in [-0.3, -0.25) is 9.59 Å².